The molecule has 0 spiro atoms. The number of pyridine rings is 1. The Labute approximate surface area is 70.2 Å². The first-order valence-electron chi connectivity index (χ1n) is 3.24. The molecule has 0 fully saturated rings. The van der Waals surface area contributed by atoms with Crippen molar-refractivity contribution in [3.63, 3.8) is 0 Å². The molecule has 0 unspecified atom stereocenters. The lowest BCUT2D eigenvalue weighted by Gasteiger charge is -1.99. The van der Waals surface area contributed by atoms with E-state index in [1.165, 1.54) is 0 Å². The van der Waals surface area contributed by atoms with Crippen LogP contribution in [0.3, 0.4) is 0 Å². The number of rotatable bonds is 2. The molecule has 0 aliphatic carbocycles. The third kappa shape index (κ3) is 1.77. The van der Waals surface area contributed by atoms with Gasteiger partial charge >= 0.3 is 0 Å². The van der Waals surface area contributed by atoms with Crippen LogP contribution in [0, 0.1) is 6.92 Å². The standard InChI is InChI=1S/C8H8ClNO/c1-6-2-7(5-11)8(3-9)10-4-6/h2,4-5H,3H2,1H3. The summed E-state index contributed by atoms with van der Waals surface area (Å²) in [7, 11) is 0. The molecule has 0 atom stereocenters. The Morgan fingerprint density at radius 1 is 1.73 bits per heavy atom. The maximum atomic E-state index is 10.4. The second kappa shape index (κ2) is 3.49. The molecular weight excluding hydrogens is 162 g/mol. The number of carbonyl (C=O) groups excluding carboxylic acids is 1. The summed E-state index contributed by atoms with van der Waals surface area (Å²) in [5.74, 6) is 0.286. The van der Waals surface area contributed by atoms with Gasteiger partial charge in [0.25, 0.3) is 0 Å². The average Bonchev–Trinajstić information content (AvgIpc) is 2.04. The summed E-state index contributed by atoms with van der Waals surface area (Å²) in [5.41, 5.74) is 2.20. The summed E-state index contributed by atoms with van der Waals surface area (Å²) in [6.07, 6.45) is 2.47. The molecule has 1 rings (SSSR count). The first kappa shape index (κ1) is 8.21. The zero-order valence-electron chi connectivity index (χ0n) is 6.17. The highest BCUT2D eigenvalue weighted by molar-refractivity contribution is 6.17. The zero-order chi connectivity index (χ0) is 8.27. The highest BCUT2D eigenvalue weighted by Crippen LogP contribution is 2.07. The topological polar surface area (TPSA) is 30.0 Å². The number of aryl methyl sites for hydroxylation is 1. The Hall–Kier alpha value is -0.890. The normalized spacial score (nSPS) is 9.64. The van der Waals surface area contributed by atoms with Gasteiger partial charge in [-0.15, -0.1) is 11.6 Å². The first-order chi connectivity index (χ1) is 5.27. The van der Waals surface area contributed by atoms with E-state index in [1.807, 2.05) is 6.92 Å². The van der Waals surface area contributed by atoms with Crippen molar-refractivity contribution in [3.05, 3.63) is 29.1 Å². The van der Waals surface area contributed by atoms with E-state index in [2.05, 4.69) is 4.98 Å². The molecule has 0 amide bonds. The molecular formula is C8H8ClNO. The maximum Gasteiger partial charge on any atom is 0.151 e. The first-order valence-corrected chi connectivity index (χ1v) is 3.78. The zero-order valence-corrected chi connectivity index (χ0v) is 6.93. The largest absolute Gasteiger partial charge is 0.298 e. The summed E-state index contributed by atoms with van der Waals surface area (Å²) < 4.78 is 0. The van der Waals surface area contributed by atoms with Crippen LogP contribution in [0.15, 0.2) is 12.3 Å². The van der Waals surface area contributed by atoms with Crippen molar-refractivity contribution >= 4 is 17.9 Å². The molecule has 0 bridgehead atoms. The van der Waals surface area contributed by atoms with Crippen molar-refractivity contribution in [2.75, 3.05) is 0 Å². The second-order valence-corrected chi connectivity index (χ2v) is 2.57. The smallest absolute Gasteiger partial charge is 0.151 e. The van der Waals surface area contributed by atoms with Gasteiger partial charge in [0.1, 0.15) is 0 Å². The van der Waals surface area contributed by atoms with E-state index in [-0.39, 0.29) is 5.88 Å². The van der Waals surface area contributed by atoms with Crippen LogP contribution in [0.25, 0.3) is 0 Å². The lowest BCUT2D eigenvalue weighted by atomic mass is 10.2. The molecule has 3 heteroatoms. The molecule has 0 saturated carbocycles. The number of aromatic nitrogens is 1. The quantitative estimate of drug-likeness (QED) is 0.500. The minimum Gasteiger partial charge on any atom is -0.298 e. The Balaban J connectivity index is 3.16. The molecule has 0 aliphatic rings. The summed E-state index contributed by atoms with van der Waals surface area (Å²) in [4.78, 5) is 14.4. The minimum atomic E-state index is 0.286. The number of halogens is 1. The van der Waals surface area contributed by atoms with Crippen molar-refractivity contribution in [2.45, 2.75) is 12.8 Å². The van der Waals surface area contributed by atoms with Crippen LogP contribution in [0.5, 0.6) is 0 Å². The van der Waals surface area contributed by atoms with Crippen molar-refractivity contribution in [1.29, 1.82) is 0 Å². The Bertz CT molecular complexity index is 273. The van der Waals surface area contributed by atoms with Crippen LogP contribution in [-0.2, 0) is 5.88 Å². The van der Waals surface area contributed by atoms with Crippen LogP contribution in [0.4, 0.5) is 0 Å². The van der Waals surface area contributed by atoms with Gasteiger partial charge in [-0.05, 0) is 18.6 Å². The lowest BCUT2D eigenvalue weighted by molar-refractivity contribution is 0.112. The van der Waals surface area contributed by atoms with Crippen molar-refractivity contribution in [3.8, 4) is 0 Å². The summed E-state index contributed by atoms with van der Waals surface area (Å²) in [6, 6.07) is 1.78. The van der Waals surface area contributed by atoms with Gasteiger partial charge in [-0.1, -0.05) is 0 Å². The molecule has 0 aromatic carbocycles. The monoisotopic (exact) mass is 169 g/mol. The van der Waals surface area contributed by atoms with Gasteiger partial charge in [0.2, 0.25) is 0 Å². The average molecular weight is 170 g/mol. The molecule has 0 radical (unpaired) electrons. The van der Waals surface area contributed by atoms with Gasteiger partial charge in [0, 0.05) is 11.8 Å². The maximum absolute atomic E-state index is 10.4. The molecule has 1 heterocycles. The number of carbonyl (C=O) groups is 1. The van der Waals surface area contributed by atoms with E-state index in [0.29, 0.717) is 11.3 Å². The Morgan fingerprint density at radius 3 is 3.00 bits per heavy atom. The molecule has 1 aromatic rings. The minimum absolute atomic E-state index is 0.286. The number of alkyl halides is 1. The van der Waals surface area contributed by atoms with E-state index in [0.717, 1.165) is 11.8 Å². The van der Waals surface area contributed by atoms with Crippen molar-refractivity contribution in [1.82, 2.24) is 4.98 Å². The van der Waals surface area contributed by atoms with Gasteiger partial charge in [-0.2, -0.15) is 0 Å². The molecule has 0 saturated heterocycles. The van der Waals surface area contributed by atoms with Gasteiger partial charge in [-0.3, -0.25) is 9.78 Å². The predicted octanol–water partition coefficient (Wildman–Crippen LogP) is 1.94. The van der Waals surface area contributed by atoms with E-state index in [4.69, 9.17) is 11.6 Å². The molecule has 58 valence electrons. The molecule has 0 aliphatic heterocycles. The summed E-state index contributed by atoms with van der Waals surface area (Å²) >= 11 is 5.54. The highest BCUT2D eigenvalue weighted by atomic mass is 35.5. The van der Waals surface area contributed by atoms with E-state index >= 15 is 0 Å². The third-order valence-electron chi connectivity index (χ3n) is 1.39. The van der Waals surface area contributed by atoms with Crippen molar-refractivity contribution in [2.24, 2.45) is 0 Å². The number of hydrogen-bond acceptors (Lipinski definition) is 2. The van der Waals surface area contributed by atoms with Gasteiger partial charge in [0.05, 0.1) is 11.6 Å². The van der Waals surface area contributed by atoms with Crippen LogP contribution in [0.1, 0.15) is 21.6 Å². The van der Waals surface area contributed by atoms with Gasteiger partial charge < -0.3 is 0 Å². The summed E-state index contributed by atoms with van der Waals surface area (Å²) in [5, 5.41) is 0. The van der Waals surface area contributed by atoms with Crippen LogP contribution in [0.2, 0.25) is 0 Å². The third-order valence-corrected chi connectivity index (χ3v) is 1.65. The van der Waals surface area contributed by atoms with E-state index in [9.17, 15) is 4.79 Å². The van der Waals surface area contributed by atoms with E-state index < -0.39 is 0 Å². The number of nitrogens with zero attached hydrogens (tertiary/aromatic N) is 1. The predicted molar refractivity (Wildman–Crippen MR) is 43.9 cm³/mol. The Morgan fingerprint density at radius 2 is 2.45 bits per heavy atom. The molecule has 0 N–H and O–H groups in total. The van der Waals surface area contributed by atoms with Crippen LogP contribution in [-0.4, -0.2) is 11.3 Å². The molecule has 2 nitrogen and oxygen atoms in total. The fraction of sp³-hybridized carbons (Fsp3) is 0.250. The Kier molecular flexibility index (Phi) is 2.60. The molecule has 1 aromatic heterocycles. The van der Waals surface area contributed by atoms with Crippen LogP contribution >= 0.6 is 11.6 Å². The number of hydrogen-bond donors (Lipinski definition) is 0. The van der Waals surface area contributed by atoms with Crippen LogP contribution < -0.4 is 0 Å². The van der Waals surface area contributed by atoms with Crippen molar-refractivity contribution < 1.29 is 4.79 Å². The second-order valence-electron chi connectivity index (χ2n) is 2.30. The number of aldehydes is 1. The lowest BCUT2D eigenvalue weighted by Crippen LogP contribution is -1.94. The fourth-order valence-corrected chi connectivity index (χ4v) is 1.06. The van der Waals surface area contributed by atoms with Gasteiger partial charge in [-0.25, -0.2) is 0 Å². The SMILES string of the molecule is Cc1cnc(CCl)c(C=O)c1. The molecule has 11 heavy (non-hydrogen) atoms. The van der Waals surface area contributed by atoms with E-state index in [1.54, 1.807) is 12.3 Å². The van der Waals surface area contributed by atoms with Gasteiger partial charge in [0.15, 0.2) is 6.29 Å². The summed E-state index contributed by atoms with van der Waals surface area (Å²) in [6.45, 7) is 1.89. The fourth-order valence-electron chi connectivity index (χ4n) is 0.834. The highest BCUT2D eigenvalue weighted by Gasteiger charge is 2.00.